The minimum absolute atomic E-state index is 0.247. The second-order valence-corrected chi connectivity index (χ2v) is 5.57. The highest BCUT2D eigenvalue weighted by Crippen LogP contribution is 2.35. The second-order valence-electron chi connectivity index (χ2n) is 4.79. The molecule has 0 saturated carbocycles. The van der Waals surface area contributed by atoms with Gasteiger partial charge in [0, 0.05) is 17.8 Å². The van der Waals surface area contributed by atoms with Gasteiger partial charge < -0.3 is 0 Å². The first kappa shape index (κ1) is 13.1. The summed E-state index contributed by atoms with van der Waals surface area (Å²) in [6.07, 6.45) is 1.68. The quantitative estimate of drug-likeness (QED) is 0.586. The summed E-state index contributed by atoms with van der Waals surface area (Å²) in [6.45, 7) is 0. The number of nitrogens with zero attached hydrogens (tertiary/aromatic N) is 2. The molecule has 4 rings (SSSR count). The van der Waals surface area contributed by atoms with Crippen molar-refractivity contribution in [2.24, 2.45) is 0 Å². The van der Waals surface area contributed by atoms with E-state index in [0.29, 0.717) is 11.3 Å². The van der Waals surface area contributed by atoms with Crippen LogP contribution in [0.15, 0.2) is 47.3 Å². The monoisotopic (exact) mass is 313 g/mol. The van der Waals surface area contributed by atoms with E-state index in [1.807, 2.05) is 22.9 Å². The fourth-order valence-corrected chi connectivity index (χ4v) is 3.14. The number of nitrogens with one attached hydrogen (secondary N) is 1. The van der Waals surface area contributed by atoms with Crippen molar-refractivity contribution in [1.82, 2.24) is 15.2 Å². The molecular formula is C16H9F2N3S. The summed E-state index contributed by atoms with van der Waals surface area (Å²) in [4.78, 5) is 4.23. The SMILES string of the molecule is Fc1ccc(-c2n[nH]c3nccc(-c4ccsc4)c23)c(F)c1. The Morgan fingerprint density at radius 1 is 1.05 bits per heavy atom. The average molecular weight is 313 g/mol. The molecule has 0 atom stereocenters. The van der Waals surface area contributed by atoms with Crippen molar-refractivity contribution in [3.63, 3.8) is 0 Å². The second kappa shape index (κ2) is 4.99. The van der Waals surface area contributed by atoms with E-state index in [9.17, 15) is 8.78 Å². The van der Waals surface area contributed by atoms with Gasteiger partial charge in [-0.1, -0.05) is 0 Å². The van der Waals surface area contributed by atoms with Gasteiger partial charge in [0.1, 0.15) is 17.3 Å². The van der Waals surface area contributed by atoms with Crippen LogP contribution in [0.1, 0.15) is 0 Å². The molecule has 0 fully saturated rings. The van der Waals surface area contributed by atoms with Crippen molar-refractivity contribution in [3.05, 3.63) is 58.9 Å². The van der Waals surface area contributed by atoms with Gasteiger partial charge in [-0.05, 0) is 46.2 Å². The minimum atomic E-state index is -0.645. The molecule has 22 heavy (non-hydrogen) atoms. The average Bonchev–Trinajstić information content (AvgIpc) is 3.16. The lowest BCUT2D eigenvalue weighted by molar-refractivity contribution is 0.585. The number of thiophene rings is 1. The van der Waals surface area contributed by atoms with Gasteiger partial charge in [-0.25, -0.2) is 13.8 Å². The van der Waals surface area contributed by atoms with Crippen LogP contribution in [0.4, 0.5) is 8.78 Å². The number of rotatable bonds is 2. The van der Waals surface area contributed by atoms with Crippen molar-refractivity contribution in [3.8, 4) is 22.4 Å². The molecule has 108 valence electrons. The van der Waals surface area contributed by atoms with Crippen molar-refractivity contribution in [1.29, 1.82) is 0 Å². The molecule has 0 aliphatic heterocycles. The summed E-state index contributed by atoms with van der Waals surface area (Å²) in [5, 5.41) is 11.7. The van der Waals surface area contributed by atoms with Crippen LogP contribution < -0.4 is 0 Å². The summed E-state index contributed by atoms with van der Waals surface area (Å²) in [5.74, 6) is -1.26. The molecule has 6 heteroatoms. The third kappa shape index (κ3) is 2.00. The van der Waals surface area contributed by atoms with E-state index in [4.69, 9.17) is 0 Å². The lowest BCUT2D eigenvalue weighted by Gasteiger charge is -2.04. The Balaban J connectivity index is 2.03. The fraction of sp³-hybridized carbons (Fsp3) is 0. The number of hydrogen-bond donors (Lipinski definition) is 1. The number of benzene rings is 1. The molecule has 0 radical (unpaired) electrons. The highest BCUT2D eigenvalue weighted by atomic mass is 32.1. The van der Waals surface area contributed by atoms with Crippen molar-refractivity contribution in [2.45, 2.75) is 0 Å². The smallest absolute Gasteiger partial charge is 0.156 e. The van der Waals surface area contributed by atoms with E-state index >= 15 is 0 Å². The maximum Gasteiger partial charge on any atom is 0.156 e. The van der Waals surface area contributed by atoms with Gasteiger partial charge in [0.2, 0.25) is 0 Å². The molecule has 4 aromatic rings. The number of H-pyrrole nitrogens is 1. The Morgan fingerprint density at radius 2 is 1.95 bits per heavy atom. The largest absolute Gasteiger partial charge is 0.260 e. The molecule has 0 saturated heterocycles. The summed E-state index contributed by atoms with van der Waals surface area (Å²) >= 11 is 1.58. The normalized spacial score (nSPS) is 11.2. The topological polar surface area (TPSA) is 41.6 Å². The first-order chi connectivity index (χ1) is 10.7. The lowest BCUT2D eigenvalue weighted by Crippen LogP contribution is -1.88. The first-order valence-electron chi connectivity index (χ1n) is 6.55. The van der Waals surface area contributed by atoms with Gasteiger partial charge in [0.15, 0.2) is 5.65 Å². The zero-order chi connectivity index (χ0) is 15.1. The van der Waals surface area contributed by atoms with Gasteiger partial charge in [-0.2, -0.15) is 16.4 Å². The summed E-state index contributed by atoms with van der Waals surface area (Å²) in [7, 11) is 0. The van der Waals surface area contributed by atoms with E-state index in [1.54, 1.807) is 17.5 Å². The van der Waals surface area contributed by atoms with Crippen LogP contribution in [0.2, 0.25) is 0 Å². The molecule has 3 aromatic heterocycles. The summed E-state index contributed by atoms with van der Waals surface area (Å²) in [6, 6.07) is 7.32. The van der Waals surface area contributed by atoms with Crippen LogP contribution in [0.3, 0.4) is 0 Å². The van der Waals surface area contributed by atoms with Crippen molar-refractivity contribution >= 4 is 22.4 Å². The summed E-state index contributed by atoms with van der Waals surface area (Å²) < 4.78 is 27.2. The van der Waals surface area contributed by atoms with Crippen LogP contribution >= 0.6 is 11.3 Å². The predicted octanol–water partition coefficient (Wildman–Crippen LogP) is 4.63. The zero-order valence-corrected chi connectivity index (χ0v) is 12.0. The Labute approximate surface area is 128 Å². The Morgan fingerprint density at radius 3 is 2.73 bits per heavy atom. The molecule has 0 aliphatic rings. The van der Waals surface area contributed by atoms with Gasteiger partial charge in [0.05, 0.1) is 5.39 Å². The molecule has 0 unspecified atom stereocenters. The summed E-state index contributed by atoms with van der Waals surface area (Å²) in [5.41, 5.74) is 3.18. The number of hydrogen-bond acceptors (Lipinski definition) is 3. The first-order valence-corrected chi connectivity index (χ1v) is 7.49. The molecule has 3 nitrogen and oxygen atoms in total. The fourth-order valence-electron chi connectivity index (χ4n) is 2.49. The Kier molecular flexibility index (Phi) is 2.97. The maximum atomic E-state index is 14.1. The van der Waals surface area contributed by atoms with Crippen LogP contribution in [0.25, 0.3) is 33.4 Å². The van der Waals surface area contributed by atoms with Crippen molar-refractivity contribution < 1.29 is 8.78 Å². The van der Waals surface area contributed by atoms with E-state index in [-0.39, 0.29) is 5.56 Å². The van der Waals surface area contributed by atoms with Crippen LogP contribution in [-0.4, -0.2) is 15.2 Å². The number of aromatic amines is 1. The molecule has 1 N–H and O–H groups in total. The third-order valence-corrected chi connectivity index (χ3v) is 4.16. The van der Waals surface area contributed by atoms with Crippen molar-refractivity contribution in [2.75, 3.05) is 0 Å². The number of fused-ring (bicyclic) bond motifs is 1. The van der Waals surface area contributed by atoms with E-state index in [2.05, 4.69) is 15.2 Å². The standard InChI is InChI=1S/C16H9F2N3S/c17-10-1-2-12(13(18)7-10)15-14-11(9-4-6-22-8-9)3-5-19-16(14)21-20-15/h1-8H,(H,19,20,21). The van der Waals surface area contributed by atoms with Crippen LogP contribution in [-0.2, 0) is 0 Å². The van der Waals surface area contributed by atoms with Gasteiger partial charge in [0.25, 0.3) is 0 Å². The molecule has 1 aromatic carbocycles. The third-order valence-electron chi connectivity index (χ3n) is 3.48. The van der Waals surface area contributed by atoms with E-state index in [1.165, 1.54) is 12.1 Å². The highest BCUT2D eigenvalue weighted by molar-refractivity contribution is 7.08. The molecule has 0 bridgehead atoms. The molecule has 0 spiro atoms. The van der Waals surface area contributed by atoms with Gasteiger partial charge in [-0.15, -0.1) is 0 Å². The van der Waals surface area contributed by atoms with E-state index < -0.39 is 11.6 Å². The molecule has 0 amide bonds. The Hall–Kier alpha value is -2.60. The van der Waals surface area contributed by atoms with Crippen LogP contribution in [0.5, 0.6) is 0 Å². The number of pyridine rings is 1. The lowest BCUT2D eigenvalue weighted by atomic mass is 10.0. The number of halogens is 2. The minimum Gasteiger partial charge on any atom is -0.260 e. The highest BCUT2D eigenvalue weighted by Gasteiger charge is 2.17. The maximum absolute atomic E-state index is 14.1. The predicted molar refractivity (Wildman–Crippen MR) is 82.6 cm³/mol. The van der Waals surface area contributed by atoms with Gasteiger partial charge >= 0.3 is 0 Å². The molecule has 3 heterocycles. The molecule has 0 aliphatic carbocycles. The van der Waals surface area contributed by atoms with Gasteiger partial charge in [-0.3, -0.25) is 5.10 Å². The molecular weight excluding hydrogens is 304 g/mol. The zero-order valence-electron chi connectivity index (χ0n) is 11.2. The number of aromatic nitrogens is 3. The Bertz CT molecular complexity index is 961. The van der Waals surface area contributed by atoms with Crippen LogP contribution in [0, 0.1) is 11.6 Å². The van der Waals surface area contributed by atoms with E-state index in [0.717, 1.165) is 22.6 Å².